The molecule has 1 aliphatic carbocycles. The molecule has 1 saturated heterocycles. The molecule has 0 spiro atoms. The van der Waals surface area contributed by atoms with Crippen LogP contribution in [0.5, 0.6) is 5.75 Å². The number of aromatic nitrogens is 5. The van der Waals surface area contributed by atoms with Crippen LogP contribution < -0.4 is 20.5 Å². The zero-order chi connectivity index (χ0) is 22.6. The minimum atomic E-state index is -0.0327. The molecule has 3 aromatic rings. The largest absolute Gasteiger partial charge is 0.495 e. The Balaban J connectivity index is 1.23. The average molecular weight is 450 g/mol. The number of hydrogen-bond acceptors (Lipinski definition) is 7. The summed E-state index contributed by atoms with van der Waals surface area (Å²) in [5.41, 5.74) is 2.42. The molecule has 0 bridgehead atoms. The standard InChI is InChI=1S/C24H31N7O2/c1-33-23-10-22(13-25-14-23)31-17-20(27-28-31)16-30-9-7-21(11-24(30)32)29-8-3-6-19(15-29)26-12-18-4-2-5-18/h7,9-11,13-14,17-19,26H,2-6,8,12,15-16H2,1H3/t19-/m1/s1. The minimum Gasteiger partial charge on any atom is -0.495 e. The van der Waals surface area contributed by atoms with Crippen molar-refractivity contribution in [1.29, 1.82) is 0 Å². The first-order valence-corrected chi connectivity index (χ1v) is 11.8. The van der Waals surface area contributed by atoms with Gasteiger partial charge < -0.3 is 19.5 Å². The fourth-order valence-electron chi connectivity index (χ4n) is 4.55. The van der Waals surface area contributed by atoms with Gasteiger partial charge >= 0.3 is 0 Å². The molecule has 9 heteroatoms. The predicted octanol–water partition coefficient (Wildman–Crippen LogP) is 2.24. The van der Waals surface area contributed by atoms with E-state index in [1.165, 1.54) is 25.7 Å². The third-order valence-electron chi connectivity index (χ3n) is 6.76. The molecular formula is C24H31N7O2. The van der Waals surface area contributed by atoms with E-state index in [0.29, 0.717) is 24.0 Å². The van der Waals surface area contributed by atoms with Gasteiger partial charge in [0, 0.05) is 43.1 Å². The van der Waals surface area contributed by atoms with E-state index in [9.17, 15) is 4.79 Å². The van der Waals surface area contributed by atoms with Gasteiger partial charge in [-0.3, -0.25) is 9.78 Å². The topological polar surface area (TPSA) is 90.1 Å². The van der Waals surface area contributed by atoms with Gasteiger partial charge in [0.25, 0.3) is 5.56 Å². The Morgan fingerprint density at radius 2 is 2.06 bits per heavy atom. The number of nitrogens with zero attached hydrogens (tertiary/aromatic N) is 6. The second kappa shape index (κ2) is 9.74. The van der Waals surface area contributed by atoms with Crippen molar-refractivity contribution < 1.29 is 4.74 Å². The summed E-state index contributed by atoms with van der Waals surface area (Å²) in [5, 5.41) is 12.1. The molecule has 2 aliphatic rings. The summed E-state index contributed by atoms with van der Waals surface area (Å²) < 4.78 is 8.51. The molecule has 0 radical (unpaired) electrons. The van der Waals surface area contributed by atoms with Crippen molar-refractivity contribution in [3.8, 4) is 11.4 Å². The van der Waals surface area contributed by atoms with Crippen LogP contribution in [0.25, 0.3) is 5.69 Å². The van der Waals surface area contributed by atoms with Crippen molar-refractivity contribution >= 4 is 5.69 Å². The predicted molar refractivity (Wildman–Crippen MR) is 126 cm³/mol. The summed E-state index contributed by atoms with van der Waals surface area (Å²) in [6, 6.07) is 6.11. The smallest absolute Gasteiger partial charge is 0.252 e. The maximum atomic E-state index is 12.8. The van der Waals surface area contributed by atoms with Crippen LogP contribution in [-0.2, 0) is 6.54 Å². The van der Waals surface area contributed by atoms with E-state index in [0.717, 1.165) is 43.3 Å². The fourth-order valence-corrected chi connectivity index (χ4v) is 4.55. The highest BCUT2D eigenvalue weighted by atomic mass is 16.5. The van der Waals surface area contributed by atoms with Crippen LogP contribution >= 0.6 is 0 Å². The lowest BCUT2D eigenvalue weighted by molar-refractivity contribution is 0.280. The number of anilines is 1. The fraction of sp³-hybridized carbons (Fsp3) is 0.500. The number of piperidine rings is 1. The minimum absolute atomic E-state index is 0.0327. The Bertz CT molecular complexity index is 1140. The van der Waals surface area contributed by atoms with Crippen LogP contribution in [0.4, 0.5) is 5.69 Å². The quantitative estimate of drug-likeness (QED) is 0.564. The Labute approximate surface area is 193 Å². The summed E-state index contributed by atoms with van der Waals surface area (Å²) in [6.07, 6.45) is 13.5. The first kappa shape index (κ1) is 21.6. The van der Waals surface area contributed by atoms with Gasteiger partial charge in [-0.1, -0.05) is 11.6 Å². The molecule has 0 unspecified atom stereocenters. The van der Waals surface area contributed by atoms with Gasteiger partial charge in [-0.25, -0.2) is 4.68 Å². The molecule has 0 amide bonds. The molecule has 0 aromatic carbocycles. The van der Waals surface area contributed by atoms with Crippen molar-refractivity contribution in [2.75, 3.05) is 31.6 Å². The first-order chi connectivity index (χ1) is 16.2. The van der Waals surface area contributed by atoms with Gasteiger partial charge in [-0.2, -0.15) is 0 Å². The zero-order valence-corrected chi connectivity index (χ0v) is 19.1. The van der Waals surface area contributed by atoms with Gasteiger partial charge in [-0.05, 0) is 44.2 Å². The maximum Gasteiger partial charge on any atom is 0.252 e. The van der Waals surface area contributed by atoms with Crippen molar-refractivity contribution in [3.05, 3.63) is 59.0 Å². The Hall–Kier alpha value is -3.20. The van der Waals surface area contributed by atoms with Crippen LogP contribution in [0, 0.1) is 5.92 Å². The van der Waals surface area contributed by atoms with Crippen molar-refractivity contribution in [2.45, 2.75) is 44.7 Å². The van der Waals surface area contributed by atoms with Gasteiger partial charge in [0.05, 0.1) is 37.9 Å². The number of hydrogen-bond donors (Lipinski definition) is 1. The Morgan fingerprint density at radius 1 is 1.15 bits per heavy atom. The number of nitrogens with one attached hydrogen (secondary N) is 1. The summed E-state index contributed by atoms with van der Waals surface area (Å²) in [7, 11) is 1.60. The van der Waals surface area contributed by atoms with Crippen LogP contribution in [0.2, 0.25) is 0 Å². The van der Waals surface area contributed by atoms with Gasteiger partial charge in [0.2, 0.25) is 0 Å². The van der Waals surface area contributed by atoms with E-state index in [2.05, 4.69) is 25.5 Å². The van der Waals surface area contributed by atoms with Crippen molar-refractivity contribution in [3.63, 3.8) is 0 Å². The molecule has 2 fully saturated rings. The van der Waals surface area contributed by atoms with Gasteiger partial charge in [0.15, 0.2) is 0 Å². The highest BCUT2D eigenvalue weighted by Crippen LogP contribution is 2.26. The maximum absolute atomic E-state index is 12.8. The number of methoxy groups -OCH3 is 1. The number of rotatable bonds is 8. The molecule has 5 rings (SSSR count). The average Bonchev–Trinajstić information content (AvgIpc) is 3.28. The second-order valence-corrected chi connectivity index (χ2v) is 9.08. The van der Waals surface area contributed by atoms with E-state index in [4.69, 9.17) is 4.74 Å². The van der Waals surface area contributed by atoms with E-state index in [-0.39, 0.29) is 5.56 Å². The first-order valence-electron chi connectivity index (χ1n) is 11.8. The van der Waals surface area contributed by atoms with Crippen molar-refractivity contribution in [1.82, 2.24) is 29.9 Å². The lowest BCUT2D eigenvalue weighted by Gasteiger charge is -2.36. The summed E-state index contributed by atoms with van der Waals surface area (Å²) in [4.78, 5) is 19.3. The van der Waals surface area contributed by atoms with Gasteiger partial charge in [0.1, 0.15) is 11.4 Å². The summed E-state index contributed by atoms with van der Waals surface area (Å²) in [6.45, 7) is 3.45. The highest BCUT2D eigenvalue weighted by molar-refractivity contribution is 5.45. The third-order valence-corrected chi connectivity index (χ3v) is 6.76. The van der Waals surface area contributed by atoms with Crippen molar-refractivity contribution in [2.24, 2.45) is 5.92 Å². The molecule has 174 valence electrons. The van der Waals surface area contributed by atoms with Crippen LogP contribution in [-0.4, -0.2) is 57.3 Å². The normalized spacial score (nSPS) is 18.8. The molecule has 1 N–H and O–H groups in total. The van der Waals surface area contributed by atoms with E-state index in [1.54, 1.807) is 41.0 Å². The Morgan fingerprint density at radius 3 is 2.85 bits per heavy atom. The highest BCUT2D eigenvalue weighted by Gasteiger charge is 2.23. The SMILES string of the molecule is COc1cncc(-n2cc(Cn3ccc(N4CCC[C@@H](NCC5CCC5)C4)cc3=O)nn2)c1. The van der Waals surface area contributed by atoms with Crippen LogP contribution in [0.1, 0.15) is 37.8 Å². The van der Waals surface area contributed by atoms with E-state index >= 15 is 0 Å². The molecule has 1 atom stereocenters. The second-order valence-electron chi connectivity index (χ2n) is 9.08. The van der Waals surface area contributed by atoms with E-state index < -0.39 is 0 Å². The van der Waals surface area contributed by atoms with Crippen LogP contribution in [0.3, 0.4) is 0 Å². The lowest BCUT2D eigenvalue weighted by Crippen LogP contribution is -2.47. The number of ether oxygens (including phenoxy) is 1. The molecule has 9 nitrogen and oxygen atoms in total. The third kappa shape index (κ3) is 5.08. The monoisotopic (exact) mass is 449 g/mol. The van der Waals surface area contributed by atoms with Gasteiger partial charge in [-0.15, -0.1) is 5.10 Å². The molecule has 1 aliphatic heterocycles. The molecule has 3 aromatic heterocycles. The number of pyridine rings is 2. The summed E-state index contributed by atoms with van der Waals surface area (Å²) >= 11 is 0. The molecule has 33 heavy (non-hydrogen) atoms. The molecule has 4 heterocycles. The lowest BCUT2D eigenvalue weighted by atomic mass is 9.85. The molecular weight excluding hydrogens is 418 g/mol. The zero-order valence-electron chi connectivity index (χ0n) is 19.1. The summed E-state index contributed by atoms with van der Waals surface area (Å²) in [5.74, 6) is 1.51. The van der Waals surface area contributed by atoms with Crippen LogP contribution in [0.15, 0.2) is 47.8 Å². The molecule has 1 saturated carbocycles. The van der Waals surface area contributed by atoms with E-state index in [1.807, 2.05) is 18.3 Å². The Kier molecular flexibility index (Phi) is 6.39.